The standard InChI is InChI=1S/C12H13NO5/c14-12(17-8-7-9-1-2-9)18-11-5-3-10(4-6-11)13(15)16/h3-6,9H,1-2,7-8H2. The molecule has 2 rings (SSSR count). The van der Waals surface area contributed by atoms with Crippen molar-refractivity contribution in [3.8, 4) is 5.75 Å². The maximum atomic E-state index is 11.3. The Balaban J connectivity index is 1.76. The van der Waals surface area contributed by atoms with Crippen molar-refractivity contribution in [2.45, 2.75) is 19.3 Å². The number of nitro benzene ring substituents is 1. The molecule has 0 N–H and O–H groups in total. The summed E-state index contributed by atoms with van der Waals surface area (Å²) < 4.78 is 9.75. The van der Waals surface area contributed by atoms with Crippen molar-refractivity contribution in [3.63, 3.8) is 0 Å². The molecule has 1 aromatic rings. The van der Waals surface area contributed by atoms with Crippen molar-refractivity contribution in [2.75, 3.05) is 6.61 Å². The van der Waals surface area contributed by atoms with Crippen LogP contribution >= 0.6 is 0 Å². The Morgan fingerprint density at radius 1 is 1.33 bits per heavy atom. The first-order valence-electron chi connectivity index (χ1n) is 5.74. The highest BCUT2D eigenvalue weighted by Gasteiger charge is 2.21. The molecule has 0 saturated heterocycles. The summed E-state index contributed by atoms with van der Waals surface area (Å²) in [4.78, 5) is 21.2. The monoisotopic (exact) mass is 251 g/mol. The number of hydrogen-bond acceptors (Lipinski definition) is 5. The van der Waals surface area contributed by atoms with E-state index in [2.05, 4.69) is 0 Å². The van der Waals surface area contributed by atoms with Gasteiger partial charge in [-0.3, -0.25) is 10.1 Å². The van der Waals surface area contributed by atoms with Crippen LogP contribution in [-0.2, 0) is 4.74 Å². The van der Waals surface area contributed by atoms with Gasteiger partial charge in [0.1, 0.15) is 5.75 Å². The molecule has 0 aliphatic heterocycles. The minimum Gasteiger partial charge on any atom is -0.434 e. The molecule has 0 heterocycles. The lowest BCUT2D eigenvalue weighted by Gasteiger charge is -2.05. The Hall–Kier alpha value is -2.11. The summed E-state index contributed by atoms with van der Waals surface area (Å²) in [7, 11) is 0. The molecule has 0 unspecified atom stereocenters. The number of carbonyl (C=O) groups is 1. The van der Waals surface area contributed by atoms with Gasteiger partial charge in [-0.15, -0.1) is 0 Å². The summed E-state index contributed by atoms with van der Waals surface area (Å²) in [6.07, 6.45) is 2.51. The van der Waals surface area contributed by atoms with Crippen LogP contribution in [0.15, 0.2) is 24.3 Å². The second-order valence-corrected chi connectivity index (χ2v) is 4.18. The Morgan fingerprint density at radius 3 is 2.56 bits per heavy atom. The number of benzene rings is 1. The van der Waals surface area contributed by atoms with Gasteiger partial charge >= 0.3 is 6.16 Å². The van der Waals surface area contributed by atoms with Crippen LogP contribution < -0.4 is 4.74 Å². The predicted octanol–water partition coefficient (Wildman–Crippen LogP) is 2.91. The van der Waals surface area contributed by atoms with Crippen LogP contribution in [0.4, 0.5) is 10.5 Å². The maximum absolute atomic E-state index is 11.3. The Morgan fingerprint density at radius 2 is 2.00 bits per heavy atom. The highest BCUT2D eigenvalue weighted by atomic mass is 16.7. The lowest BCUT2D eigenvalue weighted by molar-refractivity contribution is -0.384. The van der Waals surface area contributed by atoms with Gasteiger partial charge in [0, 0.05) is 12.1 Å². The first kappa shape index (κ1) is 12.3. The van der Waals surface area contributed by atoms with E-state index in [9.17, 15) is 14.9 Å². The van der Waals surface area contributed by atoms with Crippen molar-refractivity contribution in [1.29, 1.82) is 0 Å². The minimum absolute atomic E-state index is 0.0514. The fraction of sp³-hybridized carbons (Fsp3) is 0.417. The molecule has 1 aromatic carbocycles. The summed E-state index contributed by atoms with van der Waals surface area (Å²) in [5.41, 5.74) is -0.0514. The summed E-state index contributed by atoms with van der Waals surface area (Å²) >= 11 is 0. The number of nitro groups is 1. The van der Waals surface area contributed by atoms with Crippen molar-refractivity contribution < 1.29 is 19.2 Å². The molecule has 96 valence electrons. The molecule has 18 heavy (non-hydrogen) atoms. The lowest BCUT2D eigenvalue weighted by atomic mass is 10.3. The van der Waals surface area contributed by atoms with E-state index in [-0.39, 0.29) is 11.4 Å². The molecule has 0 amide bonds. The summed E-state index contributed by atoms with van der Waals surface area (Å²) in [5, 5.41) is 10.4. The van der Waals surface area contributed by atoms with E-state index >= 15 is 0 Å². The topological polar surface area (TPSA) is 78.7 Å². The highest BCUT2D eigenvalue weighted by Crippen LogP contribution is 2.32. The van der Waals surface area contributed by atoms with Crippen LogP contribution in [-0.4, -0.2) is 17.7 Å². The van der Waals surface area contributed by atoms with Gasteiger partial charge in [-0.25, -0.2) is 4.79 Å². The summed E-state index contributed by atoms with van der Waals surface area (Å²) in [6, 6.07) is 5.26. The molecule has 6 heteroatoms. The summed E-state index contributed by atoms with van der Waals surface area (Å²) in [6.45, 7) is 0.358. The minimum atomic E-state index is -0.774. The molecular weight excluding hydrogens is 238 g/mol. The van der Waals surface area contributed by atoms with Crippen molar-refractivity contribution in [3.05, 3.63) is 34.4 Å². The second kappa shape index (κ2) is 5.48. The number of hydrogen-bond donors (Lipinski definition) is 0. The first-order valence-corrected chi connectivity index (χ1v) is 5.74. The largest absolute Gasteiger partial charge is 0.513 e. The predicted molar refractivity (Wildman–Crippen MR) is 62.4 cm³/mol. The molecule has 1 saturated carbocycles. The quantitative estimate of drug-likeness (QED) is 0.348. The third kappa shape index (κ3) is 3.73. The van der Waals surface area contributed by atoms with Crippen LogP contribution in [0, 0.1) is 16.0 Å². The van der Waals surface area contributed by atoms with Crippen molar-refractivity contribution >= 4 is 11.8 Å². The molecule has 0 aromatic heterocycles. The second-order valence-electron chi connectivity index (χ2n) is 4.18. The molecule has 0 spiro atoms. The molecule has 1 aliphatic rings. The third-order valence-corrected chi connectivity index (χ3v) is 2.69. The first-order chi connectivity index (χ1) is 8.65. The Labute approximate surface area is 104 Å². The van der Waals surface area contributed by atoms with Gasteiger partial charge in [-0.2, -0.15) is 0 Å². The maximum Gasteiger partial charge on any atom is 0.513 e. The number of ether oxygens (including phenoxy) is 2. The van der Waals surface area contributed by atoms with Gasteiger partial charge in [0.2, 0.25) is 0 Å². The smallest absolute Gasteiger partial charge is 0.434 e. The average Bonchev–Trinajstić information content (AvgIpc) is 3.13. The van der Waals surface area contributed by atoms with Crippen LogP contribution in [0.3, 0.4) is 0 Å². The average molecular weight is 251 g/mol. The zero-order chi connectivity index (χ0) is 13.0. The Kier molecular flexibility index (Phi) is 3.76. The van der Waals surface area contributed by atoms with E-state index in [1.54, 1.807) is 0 Å². The molecule has 0 bridgehead atoms. The van der Waals surface area contributed by atoms with E-state index in [4.69, 9.17) is 9.47 Å². The fourth-order valence-electron chi connectivity index (χ4n) is 1.48. The summed E-state index contributed by atoms with van der Waals surface area (Å²) in [5.74, 6) is 0.925. The van der Waals surface area contributed by atoms with Gasteiger partial charge < -0.3 is 9.47 Å². The van der Waals surface area contributed by atoms with Gasteiger partial charge in [0.25, 0.3) is 5.69 Å². The van der Waals surface area contributed by atoms with Crippen LogP contribution in [0.5, 0.6) is 5.75 Å². The molecule has 1 aliphatic carbocycles. The van der Waals surface area contributed by atoms with E-state index in [0.29, 0.717) is 12.5 Å². The molecule has 6 nitrogen and oxygen atoms in total. The van der Waals surface area contributed by atoms with E-state index in [1.807, 2.05) is 0 Å². The zero-order valence-corrected chi connectivity index (χ0v) is 9.70. The normalized spacial score (nSPS) is 14.0. The molecule has 1 fully saturated rings. The van der Waals surface area contributed by atoms with Gasteiger partial charge in [0.05, 0.1) is 11.5 Å². The molecule has 0 atom stereocenters. The van der Waals surface area contributed by atoms with Gasteiger partial charge in [-0.05, 0) is 24.5 Å². The van der Waals surface area contributed by atoms with Crippen LogP contribution in [0.2, 0.25) is 0 Å². The van der Waals surface area contributed by atoms with Crippen LogP contribution in [0.25, 0.3) is 0 Å². The number of nitrogens with zero attached hydrogens (tertiary/aromatic N) is 1. The number of rotatable bonds is 5. The zero-order valence-electron chi connectivity index (χ0n) is 9.70. The third-order valence-electron chi connectivity index (χ3n) is 2.69. The van der Waals surface area contributed by atoms with Crippen LogP contribution in [0.1, 0.15) is 19.3 Å². The molecule has 0 radical (unpaired) electrons. The highest BCUT2D eigenvalue weighted by molar-refractivity contribution is 5.63. The number of non-ortho nitro benzene ring substituents is 1. The SMILES string of the molecule is O=C(OCCC1CC1)Oc1ccc([N+](=O)[O-])cc1. The van der Waals surface area contributed by atoms with Crippen molar-refractivity contribution in [2.24, 2.45) is 5.92 Å². The van der Waals surface area contributed by atoms with Crippen molar-refractivity contribution in [1.82, 2.24) is 0 Å². The van der Waals surface area contributed by atoms with Gasteiger partial charge in [-0.1, -0.05) is 12.8 Å². The van der Waals surface area contributed by atoms with E-state index in [0.717, 1.165) is 6.42 Å². The van der Waals surface area contributed by atoms with E-state index in [1.165, 1.54) is 37.1 Å². The Bertz CT molecular complexity index is 438. The molecular formula is C12H13NO5. The lowest BCUT2D eigenvalue weighted by Crippen LogP contribution is -2.11. The van der Waals surface area contributed by atoms with E-state index < -0.39 is 11.1 Å². The fourth-order valence-corrected chi connectivity index (χ4v) is 1.48. The number of carbonyl (C=O) groups excluding carboxylic acids is 1. The van der Waals surface area contributed by atoms with Gasteiger partial charge in [0.15, 0.2) is 0 Å².